The first kappa shape index (κ1) is 37.3. The van der Waals surface area contributed by atoms with Crippen LogP contribution < -0.4 is 0 Å². The molecule has 6 heteroatoms. The molecular formula is C43H40IrN2O3-2. The normalized spacial score (nSPS) is 11.7. The molecule has 49 heavy (non-hydrogen) atoms. The Labute approximate surface area is 302 Å². The van der Waals surface area contributed by atoms with Gasteiger partial charge in [-0.3, -0.25) is 9.97 Å². The van der Waals surface area contributed by atoms with E-state index >= 15 is 0 Å². The van der Waals surface area contributed by atoms with Gasteiger partial charge in [0.25, 0.3) is 0 Å². The second-order valence-electron chi connectivity index (χ2n) is 11.6. The molecule has 7 aromatic rings. The number of hydrogen-bond donors (Lipinski definition) is 3. The zero-order valence-electron chi connectivity index (χ0n) is 27.4. The van der Waals surface area contributed by atoms with E-state index < -0.39 is 12.2 Å². The van der Waals surface area contributed by atoms with Gasteiger partial charge in [0.05, 0.1) is 29.8 Å². The fourth-order valence-corrected chi connectivity index (χ4v) is 5.19. The molecule has 2 heterocycles. The summed E-state index contributed by atoms with van der Waals surface area (Å²) in [6.07, 6.45) is 0.974. The standard InChI is InChI=1S/2C15H10N.C13H20O3.Ir/c2*1-2-6-12(7-3-1)15-11-10-13-8-4-5-9-14(13)16-15;1-10(15)8-13(16)7-6-11-2-4-12(9-14)5-3-11;/h2*1-6,8-11H;2-5,10,13-16H,6-9H2,1H3;/q2*-1;;. The number of rotatable bonds is 8. The average Bonchev–Trinajstić information content (AvgIpc) is 3.15. The molecule has 0 saturated heterocycles. The Kier molecular flexibility index (Phi) is 14.8. The molecule has 0 aliphatic rings. The van der Waals surface area contributed by atoms with E-state index in [-0.39, 0.29) is 26.7 Å². The molecule has 0 saturated carbocycles. The van der Waals surface area contributed by atoms with Crippen LogP contribution in [-0.4, -0.2) is 37.5 Å². The molecule has 0 fully saturated rings. The third kappa shape index (κ3) is 11.5. The predicted octanol–water partition coefficient (Wildman–Crippen LogP) is 8.64. The Hall–Kier alpha value is -4.55. The maximum atomic E-state index is 9.58. The number of benzene rings is 5. The maximum absolute atomic E-state index is 9.58. The van der Waals surface area contributed by atoms with Crippen molar-refractivity contribution in [3.63, 3.8) is 0 Å². The third-order valence-electron chi connectivity index (χ3n) is 7.75. The number of aromatic nitrogens is 2. The van der Waals surface area contributed by atoms with Gasteiger partial charge in [0.15, 0.2) is 0 Å². The van der Waals surface area contributed by atoms with Gasteiger partial charge in [-0.05, 0) is 71.6 Å². The maximum Gasteiger partial charge on any atom is 0.0681 e. The fourth-order valence-electron chi connectivity index (χ4n) is 5.19. The molecule has 7 rings (SSSR count). The van der Waals surface area contributed by atoms with Crippen molar-refractivity contribution >= 4 is 21.8 Å². The largest absolute Gasteiger partial charge is 0.393 e. The summed E-state index contributed by atoms with van der Waals surface area (Å²) in [5.74, 6) is 0. The zero-order chi connectivity index (χ0) is 33.6. The van der Waals surface area contributed by atoms with Gasteiger partial charge in [-0.1, -0.05) is 84.9 Å². The topological polar surface area (TPSA) is 86.5 Å². The number of aryl methyl sites for hydroxylation is 1. The Morgan fingerprint density at radius 2 is 1.04 bits per heavy atom. The molecule has 0 aliphatic heterocycles. The van der Waals surface area contributed by atoms with E-state index in [1.165, 1.54) is 10.8 Å². The van der Waals surface area contributed by atoms with E-state index in [4.69, 9.17) is 10.2 Å². The number of aliphatic hydroxyl groups excluding tert-OH is 3. The number of hydrogen-bond acceptors (Lipinski definition) is 5. The van der Waals surface area contributed by atoms with Crippen LogP contribution in [0.4, 0.5) is 0 Å². The smallest absolute Gasteiger partial charge is 0.0681 e. The van der Waals surface area contributed by atoms with Crippen molar-refractivity contribution in [2.45, 2.75) is 45.0 Å². The molecule has 0 spiro atoms. The van der Waals surface area contributed by atoms with Crippen molar-refractivity contribution in [2.24, 2.45) is 0 Å². The first-order valence-corrected chi connectivity index (χ1v) is 16.2. The summed E-state index contributed by atoms with van der Waals surface area (Å²) < 4.78 is 0. The summed E-state index contributed by atoms with van der Waals surface area (Å²) in [7, 11) is 0. The number of aliphatic hydroxyl groups is 3. The van der Waals surface area contributed by atoms with Crippen LogP contribution in [0.1, 0.15) is 30.9 Å². The van der Waals surface area contributed by atoms with Crippen molar-refractivity contribution in [1.82, 2.24) is 9.97 Å². The van der Waals surface area contributed by atoms with Crippen LogP contribution in [0, 0.1) is 12.1 Å². The first-order chi connectivity index (χ1) is 23.5. The van der Waals surface area contributed by atoms with Crippen LogP contribution in [0.2, 0.25) is 0 Å². The van der Waals surface area contributed by atoms with Gasteiger partial charge in [-0.2, -0.15) is 0 Å². The van der Waals surface area contributed by atoms with E-state index in [2.05, 4.69) is 46.4 Å². The van der Waals surface area contributed by atoms with Crippen LogP contribution >= 0.6 is 0 Å². The van der Waals surface area contributed by atoms with Gasteiger partial charge in [0.2, 0.25) is 0 Å². The minimum atomic E-state index is -0.452. The first-order valence-electron chi connectivity index (χ1n) is 16.2. The van der Waals surface area contributed by atoms with Crippen molar-refractivity contribution in [1.29, 1.82) is 0 Å². The SMILES string of the molecule is CC(O)CC(O)CCc1ccc(CO)cc1.[Ir].[c-]1ccccc1-c1ccc2ccccc2n1.[c-]1ccccc1-c1ccc2ccccc2n1. The van der Waals surface area contributed by atoms with Crippen LogP contribution in [0.15, 0.2) is 146 Å². The monoisotopic (exact) mass is 825 g/mol. The summed E-state index contributed by atoms with van der Waals surface area (Å²) >= 11 is 0. The van der Waals surface area contributed by atoms with E-state index in [1.807, 2.05) is 121 Å². The molecule has 251 valence electrons. The van der Waals surface area contributed by atoms with Crippen LogP contribution in [0.3, 0.4) is 0 Å². The molecule has 2 aromatic heterocycles. The average molecular weight is 825 g/mol. The van der Waals surface area contributed by atoms with Gasteiger partial charge in [-0.25, -0.2) is 0 Å². The van der Waals surface area contributed by atoms with E-state index in [1.54, 1.807) is 6.92 Å². The molecule has 5 aromatic carbocycles. The van der Waals surface area contributed by atoms with Crippen molar-refractivity contribution in [3.05, 3.63) is 169 Å². The van der Waals surface area contributed by atoms with Gasteiger partial charge < -0.3 is 15.3 Å². The molecule has 3 N–H and O–H groups in total. The second-order valence-corrected chi connectivity index (χ2v) is 11.6. The van der Waals surface area contributed by atoms with Crippen LogP contribution in [-0.2, 0) is 33.1 Å². The van der Waals surface area contributed by atoms with E-state index in [0.29, 0.717) is 12.8 Å². The quantitative estimate of drug-likeness (QED) is 0.134. The van der Waals surface area contributed by atoms with Gasteiger partial charge >= 0.3 is 0 Å². The molecule has 2 atom stereocenters. The minimum Gasteiger partial charge on any atom is -0.393 e. The fraction of sp³-hybridized carbons (Fsp3) is 0.163. The summed E-state index contributed by atoms with van der Waals surface area (Å²) in [5, 5.41) is 29.9. The van der Waals surface area contributed by atoms with Crippen molar-refractivity contribution < 1.29 is 35.4 Å². The summed E-state index contributed by atoms with van der Waals surface area (Å²) in [4.78, 5) is 9.23. The van der Waals surface area contributed by atoms with Gasteiger partial charge in [0, 0.05) is 20.1 Å². The second kappa shape index (κ2) is 19.4. The van der Waals surface area contributed by atoms with Crippen LogP contribution in [0.5, 0.6) is 0 Å². The molecule has 0 amide bonds. The molecule has 1 radical (unpaired) electrons. The Morgan fingerprint density at radius 3 is 1.49 bits per heavy atom. The Bertz CT molecular complexity index is 1870. The zero-order valence-corrected chi connectivity index (χ0v) is 29.8. The van der Waals surface area contributed by atoms with E-state index in [0.717, 1.165) is 51.1 Å². The molecule has 0 aliphatic carbocycles. The van der Waals surface area contributed by atoms with Crippen LogP contribution in [0.25, 0.3) is 44.3 Å². The summed E-state index contributed by atoms with van der Waals surface area (Å²) in [6, 6.07) is 54.4. The number of para-hydroxylation sites is 2. The molecular weight excluding hydrogens is 785 g/mol. The van der Waals surface area contributed by atoms with Crippen molar-refractivity contribution in [3.8, 4) is 22.5 Å². The van der Waals surface area contributed by atoms with E-state index in [9.17, 15) is 5.11 Å². The number of pyridine rings is 2. The third-order valence-corrected chi connectivity index (χ3v) is 7.75. The van der Waals surface area contributed by atoms with Gasteiger partial charge in [0.1, 0.15) is 0 Å². The minimum absolute atomic E-state index is 0. The molecule has 5 nitrogen and oxygen atoms in total. The molecule has 0 bridgehead atoms. The predicted molar refractivity (Wildman–Crippen MR) is 195 cm³/mol. The molecule has 2 unspecified atom stereocenters. The van der Waals surface area contributed by atoms with Gasteiger partial charge in [-0.15, -0.1) is 71.8 Å². The summed E-state index contributed by atoms with van der Waals surface area (Å²) in [5.41, 5.74) is 8.10. The summed E-state index contributed by atoms with van der Waals surface area (Å²) in [6.45, 7) is 1.74. The Morgan fingerprint density at radius 1 is 0.571 bits per heavy atom. The number of nitrogens with zero attached hydrogens (tertiary/aromatic N) is 2. The van der Waals surface area contributed by atoms with Crippen molar-refractivity contribution in [2.75, 3.05) is 0 Å². The number of fused-ring (bicyclic) bond motifs is 2. The Balaban J connectivity index is 0.000000164.